The number of hydrogen-bond donors (Lipinski definition) is 0. The number of terminal acetylenes is 1. The molecule has 0 aliphatic rings. The van der Waals surface area contributed by atoms with Crippen LogP contribution in [-0.4, -0.2) is 12.1 Å². The Morgan fingerprint density at radius 2 is 1.88 bits per heavy atom. The van der Waals surface area contributed by atoms with Crippen LogP contribution >= 0.6 is 0 Å². The number of fused-ring (bicyclic) bond motifs is 1. The summed E-state index contributed by atoms with van der Waals surface area (Å²) in [6.45, 7) is 1.86. The van der Waals surface area contributed by atoms with Crippen molar-refractivity contribution in [3.05, 3.63) is 71.3 Å². The molecule has 0 amide bonds. The molecule has 116 valence electrons. The highest BCUT2D eigenvalue weighted by molar-refractivity contribution is 6.02. The van der Waals surface area contributed by atoms with E-state index in [0.29, 0.717) is 23.1 Å². The molecule has 0 fully saturated rings. The monoisotopic (exact) mass is 312 g/mol. The van der Waals surface area contributed by atoms with Crippen LogP contribution in [0.3, 0.4) is 0 Å². The number of benzene rings is 3. The molecular weight excluding hydrogens is 296 g/mol. The summed E-state index contributed by atoms with van der Waals surface area (Å²) in [6, 6.07) is 17.2. The van der Waals surface area contributed by atoms with Crippen molar-refractivity contribution < 1.29 is 9.59 Å². The summed E-state index contributed by atoms with van der Waals surface area (Å²) in [5, 5.41) is 1.78. The second-order valence-electron chi connectivity index (χ2n) is 5.58. The molecule has 0 bridgehead atoms. The lowest BCUT2D eigenvalue weighted by molar-refractivity contribution is 0.0987. The van der Waals surface area contributed by atoms with Crippen molar-refractivity contribution in [2.75, 3.05) is 0 Å². The van der Waals surface area contributed by atoms with Gasteiger partial charge in [-0.1, -0.05) is 49.2 Å². The van der Waals surface area contributed by atoms with E-state index in [-0.39, 0.29) is 5.78 Å². The van der Waals surface area contributed by atoms with E-state index in [9.17, 15) is 9.59 Å². The van der Waals surface area contributed by atoms with E-state index in [1.807, 2.05) is 55.5 Å². The minimum Gasteiger partial charge on any atom is -0.298 e. The molecule has 3 aromatic rings. The van der Waals surface area contributed by atoms with Crippen molar-refractivity contribution in [1.82, 2.24) is 0 Å². The van der Waals surface area contributed by atoms with Gasteiger partial charge in [-0.25, -0.2) is 0 Å². The molecule has 2 heteroatoms. The van der Waals surface area contributed by atoms with Crippen molar-refractivity contribution >= 4 is 22.8 Å². The molecule has 0 N–H and O–H groups in total. The van der Waals surface area contributed by atoms with Gasteiger partial charge in [0.15, 0.2) is 12.1 Å². The molecule has 2 nitrogen and oxygen atoms in total. The molecule has 0 radical (unpaired) electrons. The van der Waals surface area contributed by atoms with E-state index in [2.05, 4.69) is 5.92 Å². The Morgan fingerprint density at radius 1 is 1.08 bits per heavy atom. The normalized spacial score (nSPS) is 10.3. The second-order valence-corrected chi connectivity index (χ2v) is 5.58. The van der Waals surface area contributed by atoms with Crippen LogP contribution in [0.5, 0.6) is 0 Å². The number of hydrogen-bond acceptors (Lipinski definition) is 2. The van der Waals surface area contributed by atoms with Gasteiger partial charge in [-0.15, -0.1) is 6.42 Å². The van der Waals surface area contributed by atoms with Crippen LogP contribution in [0.15, 0.2) is 54.6 Å². The number of rotatable bonds is 4. The smallest absolute Gasteiger partial charge is 0.162 e. The lowest BCUT2D eigenvalue weighted by Crippen LogP contribution is -1.96. The van der Waals surface area contributed by atoms with Gasteiger partial charge in [0.2, 0.25) is 0 Å². The third-order valence-corrected chi connectivity index (χ3v) is 4.17. The SMILES string of the molecule is C#Cc1ccc2cc(-c3cccc(C(=O)CC)c3)ccc2c1C=O. The van der Waals surface area contributed by atoms with Crippen LogP contribution in [0.2, 0.25) is 0 Å². The highest BCUT2D eigenvalue weighted by Gasteiger charge is 2.09. The Kier molecular flexibility index (Phi) is 4.26. The van der Waals surface area contributed by atoms with Gasteiger partial charge < -0.3 is 0 Å². The fourth-order valence-corrected chi connectivity index (χ4v) is 2.86. The Bertz CT molecular complexity index is 991. The Balaban J connectivity index is 2.14. The van der Waals surface area contributed by atoms with Gasteiger partial charge in [-0.05, 0) is 40.1 Å². The first-order valence-electron chi connectivity index (χ1n) is 7.80. The summed E-state index contributed by atoms with van der Waals surface area (Å²) >= 11 is 0. The van der Waals surface area contributed by atoms with Crippen LogP contribution in [0.4, 0.5) is 0 Å². The first kappa shape index (κ1) is 15.7. The first-order valence-corrected chi connectivity index (χ1v) is 7.80. The first-order chi connectivity index (χ1) is 11.7. The van der Waals surface area contributed by atoms with Gasteiger partial charge in [0.25, 0.3) is 0 Å². The summed E-state index contributed by atoms with van der Waals surface area (Å²) in [6.07, 6.45) is 6.74. The average molecular weight is 312 g/mol. The third-order valence-electron chi connectivity index (χ3n) is 4.17. The van der Waals surface area contributed by atoms with Gasteiger partial charge in [-0.2, -0.15) is 0 Å². The highest BCUT2D eigenvalue weighted by Crippen LogP contribution is 2.28. The summed E-state index contributed by atoms with van der Waals surface area (Å²) in [5.41, 5.74) is 3.83. The molecule has 0 spiro atoms. The molecular formula is C22H16O2. The quantitative estimate of drug-likeness (QED) is 0.390. The summed E-state index contributed by atoms with van der Waals surface area (Å²) in [5.74, 6) is 2.67. The number of carbonyl (C=O) groups is 2. The number of ketones is 1. The zero-order valence-corrected chi connectivity index (χ0v) is 13.4. The van der Waals surface area contributed by atoms with Gasteiger partial charge >= 0.3 is 0 Å². The van der Waals surface area contributed by atoms with Crippen molar-refractivity contribution in [1.29, 1.82) is 0 Å². The molecule has 0 atom stereocenters. The largest absolute Gasteiger partial charge is 0.298 e. The predicted octanol–water partition coefficient (Wildman–Crippen LogP) is 4.89. The number of carbonyl (C=O) groups excluding carboxylic acids is 2. The summed E-state index contributed by atoms with van der Waals surface area (Å²) < 4.78 is 0. The van der Waals surface area contributed by atoms with Gasteiger partial charge in [0.1, 0.15) is 0 Å². The Morgan fingerprint density at radius 3 is 2.58 bits per heavy atom. The van der Waals surface area contributed by atoms with Crippen LogP contribution in [0.25, 0.3) is 21.9 Å². The average Bonchev–Trinajstić information content (AvgIpc) is 2.65. The van der Waals surface area contributed by atoms with Crippen LogP contribution in [0, 0.1) is 12.3 Å². The topological polar surface area (TPSA) is 34.1 Å². The predicted molar refractivity (Wildman–Crippen MR) is 97.3 cm³/mol. The lowest BCUT2D eigenvalue weighted by atomic mass is 9.95. The number of aldehydes is 1. The molecule has 0 heterocycles. The van der Waals surface area contributed by atoms with Crippen molar-refractivity contribution in [3.8, 4) is 23.5 Å². The maximum absolute atomic E-state index is 11.9. The maximum atomic E-state index is 11.9. The second kappa shape index (κ2) is 6.52. The van der Waals surface area contributed by atoms with E-state index in [1.54, 1.807) is 6.07 Å². The Hall–Kier alpha value is -3.18. The van der Waals surface area contributed by atoms with E-state index in [0.717, 1.165) is 28.2 Å². The fraction of sp³-hybridized carbons (Fsp3) is 0.0909. The molecule has 0 aliphatic carbocycles. The van der Waals surface area contributed by atoms with Crippen molar-refractivity contribution in [2.45, 2.75) is 13.3 Å². The summed E-state index contributed by atoms with van der Waals surface area (Å²) in [4.78, 5) is 23.3. The van der Waals surface area contributed by atoms with E-state index in [1.165, 1.54) is 0 Å². The maximum Gasteiger partial charge on any atom is 0.162 e. The molecule has 0 saturated heterocycles. The van der Waals surface area contributed by atoms with Crippen molar-refractivity contribution in [2.24, 2.45) is 0 Å². The van der Waals surface area contributed by atoms with Crippen molar-refractivity contribution in [3.63, 3.8) is 0 Å². The zero-order valence-electron chi connectivity index (χ0n) is 13.4. The molecule has 3 aromatic carbocycles. The standard InChI is InChI=1S/C22H16O2/c1-3-15-8-9-18-12-17(10-11-20(18)21(15)14-23)16-6-5-7-19(13-16)22(24)4-2/h1,5-14H,4H2,2H3. The molecule has 0 aromatic heterocycles. The molecule has 0 unspecified atom stereocenters. The zero-order chi connectivity index (χ0) is 17.1. The summed E-state index contributed by atoms with van der Waals surface area (Å²) in [7, 11) is 0. The highest BCUT2D eigenvalue weighted by atomic mass is 16.1. The van der Waals surface area contributed by atoms with Crippen LogP contribution in [-0.2, 0) is 0 Å². The Labute approximate surface area is 141 Å². The van der Waals surface area contributed by atoms with Crippen LogP contribution < -0.4 is 0 Å². The third kappa shape index (κ3) is 2.73. The number of Topliss-reactive ketones (excluding diaryl/α,β-unsaturated/α-hetero) is 1. The van der Waals surface area contributed by atoms with Gasteiger partial charge in [0.05, 0.1) is 0 Å². The molecule has 0 saturated carbocycles. The van der Waals surface area contributed by atoms with Gasteiger partial charge in [-0.3, -0.25) is 9.59 Å². The minimum atomic E-state index is 0.125. The van der Waals surface area contributed by atoms with Crippen LogP contribution in [0.1, 0.15) is 39.6 Å². The lowest BCUT2D eigenvalue weighted by Gasteiger charge is -2.08. The minimum absolute atomic E-state index is 0.125. The molecule has 3 rings (SSSR count). The van der Waals surface area contributed by atoms with E-state index < -0.39 is 0 Å². The molecule has 0 aliphatic heterocycles. The van der Waals surface area contributed by atoms with E-state index in [4.69, 9.17) is 6.42 Å². The fourth-order valence-electron chi connectivity index (χ4n) is 2.86. The van der Waals surface area contributed by atoms with Gasteiger partial charge in [0, 0.05) is 23.1 Å². The van der Waals surface area contributed by atoms with E-state index >= 15 is 0 Å². The molecule has 24 heavy (non-hydrogen) atoms.